The maximum atomic E-state index is 14.9. The first-order chi connectivity index (χ1) is 16.5. The van der Waals surface area contributed by atoms with Crippen molar-refractivity contribution in [2.45, 2.75) is 25.3 Å². The van der Waals surface area contributed by atoms with Crippen LogP contribution in [0.5, 0.6) is 0 Å². The van der Waals surface area contributed by atoms with Crippen molar-refractivity contribution in [3.63, 3.8) is 0 Å². The van der Waals surface area contributed by atoms with Gasteiger partial charge in [0.15, 0.2) is 0 Å². The second kappa shape index (κ2) is 10.4. The minimum atomic E-state index is -0.589. The fourth-order valence-electron chi connectivity index (χ4n) is 3.97. The van der Waals surface area contributed by atoms with E-state index in [4.69, 9.17) is 0 Å². The van der Waals surface area contributed by atoms with Gasteiger partial charge in [-0.3, -0.25) is 14.9 Å². The van der Waals surface area contributed by atoms with Gasteiger partial charge in [0.1, 0.15) is 11.6 Å². The van der Waals surface area contributed by atoms with E-state index in [0.29, 0.717) is 17.7 Å². The number of hydrogen-bond acceptors (Lipinski definition) is 4. The average Bonchev–Trinajstić information content (AvgIpc) is 3.33. The zero-order chi connectivity index (χ0) is 24.1. The monoisotopic (exact) mass is 462 g/mol. The summed E-state index contributed by atoms with van der Waals surface area (Å²) in [6.07, 6.45) is 2.07. The summed E-state index contributed by atoms with van der Waals surface area (Å²) in [5, 5.41) is 19.5. The van der Waals surface area contributed by atoms with E-state index in [1.165, 1.54) is 30.3 Å². The number of carbonyl (C=O) groups excluding carboxylic acids is 1. The van der Waals surface area contributed by atoms with Gasteiger partial charge < -0.3 is 10.4 Å². The SMILES string of the molecule is C[C@H](NC(=O)c1cccc(F)c1-c1cc(-c2ccc(F)cc2)[nH]n1)C(CCO)c1ccccn1. The number of rotatable bonds is 8. The van der Waals surface area contributed by atoms with Crippen LogP contribution in [0.25, 0.3) is 22.5 Å². The predicted molar refractivity (Wildman–Crippen MR) is 125 cm³/mol. The molecular weight excluding hydrogens is 438 g/mol. The number of aliphatic hydroxyl groups excluding tert-OH is 1. The molecule has 2 atom stereocenters. The summed E-state index contributed by atoms with van der Waals surface area (Å²) in [6, 6.07) is 16.8. The van der Waals surface area contributed by atoms with Crippen LogP contribution < -0.4 is 5.32 Å². The van der Waals surface area contributed by atoms with E-state index in [2.05, 4.69) is 20.5 Å². The van der Waals surface area contributed by atoms with Crippen molar-refractivity contribution in [1.82, 2.24) is 20.5 Å². The first-order valence-electron chi connectivity index (χ1n) is 10.9. The molecule has 0 aliphatic rings. The van der Waals surface area contributed by atoms with Gasteiger partial charge in [-0.25, -0.2) is 8.78 Å². The van der Waals surface area contributed by atoms with Crippen LogP contribution in [0, 0.1) is 11.6 Å². The Morgan fingerprint density at radius 2 is 1.88 bits per heavy atom. The molecule has 8 heteroatoms. The molecule has 2 aromatic heterocycles. The number of amides is 1. The maximum absolute atomic E-state index is 14.9. The van der Waals surface area contributed by atoms with Crippen LogP contribution in [-0.4, -0.2) is 38.8 Å². The summed E-state index contributed by atoms with van der Waals surface area (Å²) in [6.45, 7) is 1.76. The highest BCUT2D eigenvalue weighted by Gasteiger charge is 2.25. The Morgan fingerprint density at radius 3 is 2.59 bits per heavy atom. The smallest absolute Gasteiger partial charge is 0.252 e. The van der Waals surface area contributed by atoms with E-state index in [-0.39, 0.29) is 41.2 Å². The van der Waals surface area contributed by atoms with Gasteiger partial charge in [-0.2, -0.15) is 5.10 Å². The molecule has 1 unspecified atom stereocenters. The molecular formula is C26H24F2N4O2. The third-order valence-electron chi connectivity index (χ3n) is 5.72. The van der Waals surface area contributed by atoms with E-state index in [9.17, 15) is 18.7 Å². The Labute approximate surface area is 195 Å². The van der Waals surface area contributed by atoms with Crippen LogP contribution in [0.2, 0.25) is 0 Å². The van der Waals surface area contributed by atoms with Crippen molar-refractivity contribution in [2.24, 2.45) is 0 Å². The minimum absolute atomic E-state index is 0.0633. The number of aromatic amines is 1. The quantitative estimate of drug-likeness (QED) is 0.354. The molecule has 4 aromatic rings. The molecule has 0 radical (unpaired) electrons. The van der Waals surface area contributed by atoms with Gasteiger partial charge in [-0.05, 0) is 73.5 Å². The number of aromatic nitrogens is 3. The second-order valence-electron chi connectivity index (χ2n) is 7.97. The summed E-state index contributed by atoms with van der Waals surface area (Å²) in [5.41, 5.74) is 2.45. The Balaban J connectivity index is 1.61. The Kier molecular flexibility index (Phi) is 7.08. The Bertz CT molecular complexity index is 1260. The Morgan fingerprint density at radius 1 is 1.09 bits per heavy atom. The number of aliphatic hydroxyl groups is 1. The minimum Gasteiger partial charge on any atom is -0.396 e. The van der Waals surface area contributed by atoms with Crippen LogP contribution in [0.15, 0.2) is 72.9 Å². The highest BCUT2D eigenvalue weighted by molar-refractivity contribution is 6.01. The first-order valence-corrected chi connectivity index (χ1v) is 10.9. The molecule has 34 heavy (non-hydrogen) atoms. The number of benzene rings is 2. The van der Waals surface area contributed by atoms with Crippen molar-refractivity contribution >= 4 is 5.91 Å². The van der Waals surface area contributed by atoms with E-state index in [1.54, 1.807) is 30.5 Å². The molecule has 0 aliphatic heterocycles. The zero-order valence-electron chi connectivity index (χ0n) is 18.5. The molecule has 4 rings (SSSR count). The molecule has 0 saturated heterocycles. The van der Waals surface area contributed by atoms with E-state index in [1.807, 2.05) is 19.1 Å². The molecule has 1 amide bonds. The highest BCUT2D eigenvalue weighted by Crippen LogP contribution is 2.30. The lowest BCUT2D eigenvalue weighted by Gasteiger charge is -2.24. The molecule has 0 spiro atoms. The van der Waals surface area contributed by atoms with Gasteiger partial charge in [0.25, 0.3) is 5.91 Å². The lowest BCUT2D eigenvalue weighted by Crippen LogP contribution is -2.38. The van der Waals surface area contributed by atoms with Gasteiger partial charge in [0.05, 0.1) is 22.5 Å². The summed E-state index contributed by atoms with van der Waals surface area (Å²) >= 11 is 0. The van der Waals surface area contributed by atoms with Crippen LogP contribution in [0.3, 0.4) is 0 Å². The van der Waals surface area contributed by atoms with E-state index >= 15 is 0 Å². The van der Waals surface area contributed by atoms with Crippen LogP contribution >= 0.6 is 0 Å². The summed E-state index contributed by atoms with van der Waals surface area (Å²) in [7, 11) is 0. The fourth-order valence-corrected chi connectivity index (χ4v) is 3.97. The molecule has 0 saturated carbocycles. The normalized spacial score (nSPS) is 12.8. The lowest BCUT2D eigenvalue weighted by molar-refractivity contribution is 0.0931. The number of H-pyrrole nitrogens is 1. The number of hydrogen-bond donors (Lipinski definition) is 3. The molecule has 2 heterocycles. The standard InChI is InChI=1S/C26H24F2N4O2/c1-16(19(12-14-33)22-7-2-3-13-29-22)30-26(34)20-5-4-6-21(28)25(20)24-15-23(31-32-24)17-8-10-18(27)11-9-17/h2-11,13,15-16,19,33H,12,14H2,1H3,(H,30,34)(H,31,32)/t16-,19?/m0/s1. The molecule has 0 bridgehead atoms. The lowest BCUT2D eigenvalue weighted by atomic mass is 9.93. The van der Waals surface area contributed by atoms with E-state index in [0.717, 1.165) is 5.69 Å². The fraction of sp³-hybridized carbons (Fsp3) is 0.192. The van der Waals surface area contributed by atoms with Gasteiger partial charge in [-0.15, -0.1) is 0 Å². The van der Waals surface area contributed by atoms with Crippen molar-refractivity contribution in [3.05, 3.63) is 95.8 Å². The number of nitrogens with zero attached hydrogens (tertiary/aromatic N) is 2. The number of nitrogens with one attached hydrogen (secondary N) is 2. The summed E-state index contributed by atoms with van der Waals surface area (Å²) in [5.74, 6) is -1.64. The molecule has 6 nitrogen and oxygen atoms in total. The predicted octanol–water partition coefficient (Wildman–Crippen LogP) is 4.70. The van der Waals surface area contributed by atoms with Crippen LogP contribution in [-0.2, 0) is 0 Å². The Hall–Kier alpha value is -3.91. The van der Waals surface area contributed by atoms with Gasteiger partial charge in [-0.1, -0.05) is 12.1 Å². The molecule has 174 valence electrons. The first kappa shape index (κ1) is 23.3. The van der Waals surface area contributed by atoms with Crippen LogP contribution in [0.1, 0.15) is 35.3 Å². The second-order valence-corrected chi connectivity index (χ2v) is 7.97. The third-order valence-corrected chi connectivity index (χ3v) is 5.72. The largest absolute Gasteiger partial charge is 0.396 e. The van der Waals surface area contributed by atoms with Crippen molar-refractivity contribution in [3.8, 4) is 22.5 Å². The van der Waals surface area contributed by atoms with Crippen molar-refractivity contribution < 1.29 is 18.7 Å². The topological polar surface area (TPSA) is 90.9 Å². The third kappa shape index (κ3) is 5.02. The average molecular weight is 463 g/mol. The number of pyridine rings is 1. The number of carbonyl (C=O) groups is 1. The molecule has 0 fully saturated rings. The highest BCUT2D eigenvalue weighted by atomic mass is 19.1. The maximum Gasteiger partial charge on any atom is 0.252 e. The van der Waals surface area contributed by atoms with Crippen molar-refractivity contribution in [1.29, 1.82) is 0 Å². The van der Waals surface area contributed by atoms with Gasteiger partial charge in [0, 0.05) is 30.5 Å². The van der Waals surface area contributed by atoms with E-state index < -0.39 is 11.7 Å². The summed E-state index contributed by atoms with van der Waals surface area (Å²) in [4.78, 5) is 17.6. The van der Waals surface area contributed by atoms with Gasteiger partial charge in [0.2, 0.25) is 0 Å². The number of halogens is 2. The molecule has 2 aromatic carbocycles. The zero-order valence-corrected chi connectivity index (χ0v) is 18.5. The molecule has 0 aliphatic carbocycles. The van der Waals surface area contributed by atoms with Crippen LogP contribution in [0.4, 0.5) is 8.78 Å². The molecule has 3 N–H and O–H groups in total. The van der Waals surface area contributed by atoms with Crippen molar-refractivity contribution in [2.75, 3.05) is 6.61 Å². The summed E-state index contributed by atoms with van der Waals surface area (Å²) < 4.78 is 28.2. The van der Waals surface area contributed by atoms with Gasteiger partial charge >= 0.3 is 0 Å².